The molecule has 1 aliphatic rings. The first kappa shape index (κ1) is 29.2. The molecule has 1 saturated heterocycles. The van der Waals surface area contributed by atoms with Crippen LogP contribution in [0.1, 0.15) is 48.4 Å². The highest BCUT2D eigenvalue weighted by atomic mass is 35.5. The molecule has 1 aromatic carbocycles. The minimum Gasteiger partial charge on any atom is -0.480 e. The van der Waals surface area contributed by atoms with Crippen LogP contribution in [0.4, 0.5) is 13.2 Å². The first-order chi connectivity index (χ1) is 19.4. The van der Waals surface area contributed by atoms with Gasteiger partial charge < -0.3 is 24.0 Å². The molecular formula is C28H28ClF3N4O4S. The molecule has 0 radical (unpaired) electrons. The lowest BCUT2D eigenvalue weighted by atomic mass is 10.0. The van der Waals surface area contributed by atoms with Gasteiger partial charge >= 0.3 is 12.1 Å². The van der Waals surface area contributed by atoms with E-state index in [1.54, 1.807) is 18.2 Å². The number of rotatable bonds is 8. The second kappa shape index (κ2) is 11.5. The van der Waals surface area contributed by atoms with Gasteiger partial charge in [0.05, 0.1) is 21.3 Å². The minimum atomic E-state index is -4.66. The van der Waals surface area contributed by atoms with E-state index in [1.807, 2.05) is 0 Å². The number of carboxylic acid groups (broad SMARTS) is 1. The molecule has 1 N–H and O–H groups in total. The number of piperidine rings is 1. The van der Waals surface area contributed by atoms with Crippen LogP contribution >= 0.6 is 22.9 Å². The molecule has 0 saturated carbocycles. The Labute approximate surface area is 242 Å². The third kappa shape index (κ3) is 6.14. The van der Waals surface area contributed by atoms with E-state index in [9.17, 15) is 27.9 Å². The van der Waals surface area contributed by atoms with E-state index < -0.39 is 30.2 Å². The summed E-state index contributed by atoms with van der Waals surface area (Å²) in [7, 11) is 0. The molecule has 4 heterocycles. The number of amides is 1. The Morgan fingerprint density at radius 2 is 1.93 bits per heavy atom. The number of hydrogen-bond donors (Lipinski definition) is 1. The molecule has 0 unspecified atom stereocenters. The van der Waals surface area contributed by atoms with Crippen LogP contribution in [0, 0.1) is 0 Å². The summed E-state index contributed by atoms with van der Waals surface area (Å²) in [5.74, 6) is -1.41. The quantitative estimate of drug-likeness (QED) is 0.246. The van der Waals surface area contributed by atoms with Crippen LogP contribution in [0.15, 0.2) is 47.0 Å². The molecular weight excluding hydrogens is 581 g/mol. The van der Waals surface area contributed by atoms with Crippen LogP contribution in [0.2, 0.25) is 4.34 Å². The number of carbonyl (C=O) groups is 2. The third-order valence-corrected chi connectivity index (χ3v) is 8.65. The summed E-state index contributed by atoms with van der Waals surface area (Å²) in [6.45, 7) is 4.87. The van der Waals surface area contributed by atoms with Crippen molar-refractivity contribution >= 4 is 45.7 Å². The molecule has 13 heteroatoms. The predicted octanol–water partition coefficient (Wildman–Crippen LogP) is 6.48. The monoisotopic (exact) mass is 608 g/mol. The van der Waals surface area contributed by atoms with Crippen molar-refractivity contribution in [2.24, 2.45) is 0 Å². The number of nitrogens with zero attached hydrogens (tertiary/aromatic N) is 4. The maximum absolute atomic E-state index is 14.1. The van der Waals surface area contributed by atoms with Crippen molar-refractivity contribution in [1.29, 1.82) is 0 Å². The number of halogens is 4. The number of aromatic nitrogens is 2. The SMILES string of the molecule is CC(C)N1CCC(N(CC(=O)O)C(=O)c2cc3c(C(F)(F)F)cccc3n2Cc2cc(-c3ccc(Cl)s3)on2)CC1. The van der Waals surface area contributed by atoms with Crippen LogP contribution in [-0.4, -0.2) is 68.2 Å². The molecule has 8 nitrogen and oxygen atoms in total. The summed E-state index contributed by atoms with van der Waals surface area (Å²) in [4.78, 5) is 30.1. The largest absolute Gasteiger partial charge is 0.480 e. The summed E-state index contributed by atoms with van der Waals surface area (Å²) >= 11 is 7.32. The predicted molar refractivity (Wildman–Crippen MR) is 149 cm³/mol. The Hall–Kier alpha value is -3.35. The summed E-state index contributed by atoms with van der Waals surface area (Å²) in [6.07, 6.45) is -3.54. The summed E-state index contributed by atoms with van der Waals surface area (Å²) < 4.78 is 49.4. The molecule has 5 rings (SSSR count). The molecule has 0 bridgehead atoms. The lowest BCUT2D eigenvalue weighted by molar-refractivity contribution is -0.138. The fraction of sp³-hybridized carbons (Fsp3) is 0.393. The number of thiophene rings is 1. The second-order valence-electron chi connectivity index (χ2n) is 10.3. The summed E-state index contributed by atoms with van der Waals surface area (Å²) in [5.41, 5.74) is -0.375. The fourth-order valence-electron chi connectivity index (χ4n) is 5.36. The number of benzene rings is 1. The molecule has 41 heavy (non-hydrogen) atoms. The van der Waals surface area contributed by atoms with E-state index in [1.165, 1.54) is 39.0 Å². The first-order valence-corrected chi connectivity index (χ1v) is 14.3. The number of aliphatic carboxylic acids is 1. The van der Waals surface area contributed by atoms with Gasteiger partial charge in [-0.3, -0.25) is 9.59 Å². The molecule has 3 aromatic heterocycles. The topological polar surface area (TPSA) is 91.8 Å². The Morgan fingerprint density at radius 1 is 1.20 bits per heavy atom. The highest BCUT2D eigenvalue weighted by molar-refractivity contribution is 7.19. The zero-order chi connectivity index (χ0) is 29.5. The summed E-state index contributed by atoms with van der Waals surface area (Å²) in [6, 6.07) is 10.0. The van der Waals surface area contributed by atoms with Crippen LogP contribution in [0.5, 0.6) is 0 Å². The van der Waals surface area contributed by atoms with Crippen molar-refractivity contribution in [2.45, 2.75) is 51.5 Å². The maximum atomic E-state index is 14.1. The average Bonchev–Trinajstić information content (AvgIpc) is 3.65. The van der Waals surface area contributed by atoms with Gasteiger partial charge in [-0.05, 0) is 57.0 Å². The van der Waals surface area contributed by atoms with Gasteiger partial charge in [0, 0.05) is 42.1 Å². The second-order valence-corrected chi connectivity index (χ2v) is 12.0. The average molecular weight is 609 g/mol. The van der Waals surface area contributed by atoms with Gasteiger partial charge in [-0.25, -0.2) is 0 Å². The standard InChI is InChI=1S/C28H28ClF3N4O4S/c1-16(2)34-10-8-18(9-11-34)35(15-26(37)38)27(39)22-13-19-20(28(30,31)32)4-3-5-21(19)36(22)14-17-12-23(40-33-17)24-6-7-25(29)41-24/h3-7,12-13,16,18H,8-11,14-15H2,1-2H3,(H,37,38). The van der Waals surface area contributed by atoms with Crippen molar-refractivity contribution in [3.63, 3.8) is 0 Å². The van der Waals surface area contributed by atoms with Crippen LogP contribution < -0.4 is 0 Å². The van der Waals surface area contributed by atoms with Gasteiger partial charge in [0.2, 0.25) is 0 Å². The van der Waals surface area contributed by atoms with Crippen LogP contribution in [0.25, 0.3) is 21.5 Å². The Morgan fingerprint density at radius 3 is 2.54 bits per heavy atom. The van der Waals surface area contributed by atoms with Gasteiger partial charge in [-0.1, -0.05) is 22.8 Å². The molecule has 1 amide bonds. The number of hydrogen-bond acceptors (Lipinski definition) is 6. The maximum Gasteiger partial charge on any atom is 0.417 e. The van der Waals surface area contributed by atoms with Crippen molar-refractivity contribution in [3.05, 3.63) is 63.8 Å². The first-order valence-electron chi connectivity index (χ1n) is 13.1. The van der Waals surface area contributed by atoms with E-state index in [-0.39, 0.29) is 29.2 Å². The van der Waals surface area contributed by atoms with Gasteiger partial charge in [0.15, 0.2) is 5.76 Å². The number of carboxylic acids is 1. The number of alkyl halides is 3. The molecule has 218 valence electrons. The molecule has 0 atom stereocenters. The number of likely N-dealkylation sites (tertiary alicyclic amines) is 1. The molecule has 0 spiro atoms. The van der Waals surface area contributed by atoms with Crippen molar-refractivity contribution < 1.29 is 32.4 Å². The van der Waals surface area contributed by atoms with E-state index in [0.29, 0.717) is 47.8 Å². The fourth-order valence-corrected chi connectivity index (χ4v) is 6.36. The summed E-state index contributed by atoms with van der Waals surface area (Å²) in [5, 5.41) is 13.6. The Kier molecular flexibility index (Phi) is 8.18. The van der Waals surface area contributed by atoms with Crippen LogP contribution in [0.3, 0.4) is 0 Å². The zero-order valence-corrected chi connectivity index (χ0v) is 23.9. The molecule has 4 aromatic rings. The van der Waals surface area contributed by atoms with Gasteiger partial charge in [0.25, 0.3) is 5.91 Å². The van der Waals surface area contributed by atoms with E-state index in [4.69, 9.17) is 16.1 Å². The lowest BCUT2D eigenvalue weighted by Crippen LogP contribution is -2.50. The highest BCUT2D eigenvalue weighted by Crippen LogP contribution is 2.37. The van der Waals surface area contributed by atoms with Gasteiger partial charge in [0.1, 0.15) is 17.9 Å². The van der Waals surface area contributed by atoms with Crippen molar-refractivity contribution in [2.75, 3.05) is 19.6 Å². The minimum absolute atomic E-state index is 0.0482. The third-order valence-electron chi connectivity index (χ3n) is 7.40. The van der Waals surface area contributed by atoms with Crippen molar-refractivity contribution in [1.82, 2.24) is 19.5 Å². The molecule has 0 aliphatic carbocycles. The van der Waals surface area contributed by atoms with Crippen LogP contribution in [-0.2, 0) is 17.5 Å². The molecule has 1 aliphatic heterocycles. The molecule has 1 fully saturated rings. The number of carbonyl (C=O) groups excluding carboxylic acids is 1. The van der Waals surface area contributed by atoms with E-state index >= 15 is 0 Å². The smallest absolute Gasteiger partial charge is 0.417 e. The zero-order valence-electron chi connectivity index (χ0n) is 22.3. The Balaban J connectivity index is 1.56. The number of fused-ring (bicyclic) bond motifs is 1. The van der Waals surface area contributed by atoms with Gasteiger partial charge in [-0.15, -0.1) is 11.3 Å². The normalized spacial score (nSPS) is 15.2. The van der Waals surface area contributed by atoms with Crippen molar-refractivity contribution in [3.8, 4) is 10.6 Å². The van der Waals surface area contributed by atoms with E-state index in [2.05, 4.69) is 23.9 Å². The van der Waals surface area contributed by atoms with Gasteiger partial charge in [-0.2, -0.15) is 13.2 Å². The lowest BCUT2D eigenvalue weighted by Gasteiger charge is -2.39. The highest BCUT2D eigenvalue weighted by Gasteiger charge is 2.36. The Bertz CT molecular complexity index is 1570. The van der Waals surface area contributed by atoms with E-state index in [0.717, 1.165) is 10.9 Å².